The van der Waals surface area contributed by atoms with Gasteiger partial charge in [0, 0.05) is 0 Å². The highest BCUT2D eigenvalue weighted by Gasteiger charge is 2.06. The minimum absolute atomic E-state index is 1.16. The molecular weight excluding hydrogens is 140 g/mol. The Morgan fingerprint density at radius 2 is 2.33 bits per heavy atom. The van der Waals surface area contributed by atoms with Crippen molar-refractivity contribution in [2.45, 2.75) is 6.10 Å². The van der Waals surface area contributed by atoms with E-state index < -0.39 is 12.1 Å². The molecule has 0 saturated heterocycles. The van der Waals surface area contributed by atoms with Crippen LogP contribution in [0.25, 0.3) is 0 Å². The normalized spacial score (nSPS) is 11.3. The zero-order chi connectivity index (χ0) is 7.28. The summed E-state index contributed by atoms with van der Waals surface area (Å²) in [7, 11) is 0. The summed E-state index contributed by atoms with van der Waals surface area (Å²) in [6, 6.07) is 0. The molecule has 3 nitrogen and oxygen atoms in total. The second-order valence-electron chi connectivity index (χ2n) is 1.19. The van der Waals surface area contributed by atoms with Crippen molar-refractivity contribution >= 4 is 17.7 Å². The first kappa shape index (κ1) is 8.34. The third kappa shape index (κ3) is 3.88. The lowest BCUT2D eigenvalue weighted by Crippen LogP contribution is -2.16. The number of carboxylic acids is 1. The van der Waals surface area contributed by atoms with E-state index in [0.717, 1.165) is 11.8 Å². The zero-order valence-electron chi connectivity index (χ0n) is 4.79. The predicted molar refractivity (Wildman–Crippen MR) is 34.9 cm³/mol. The Bertz CT molecular complexity index is 155. The molecule has 0 bridgehead atoms. The largest absolute Gasteiger partial charge is 0.479 e. The number of thioether (sulfide) groups is 1. The van der Waals surface area contributed by atoms with Gasteiger partial charge >= 0.3 is 5.97 Å². The lowest BCUT2D eigenvalue weighted by atomic mass is 10.4. The Labute approximate surface area is 57.1 Å². The van der Waals surface area contributed by atoms with Gasteiger partial charge < -0.3 is 10.2 Å². The van der Waals surface area contributed by atoms with Crippen molar-refractivity contribution < 1.29 is 15.0 Å². The van der Waals surface area contributed by atoms with Crippen LogP contribution in [-0.2, 0) is 4.79 Å². The van der Waals surface area contributed by atoms with Gasteiger partial charge in [0.2, 0.25) is 6.10 Å². The molecule has 4 heteroatoms. The van der Waals surface area contributed by atoms with Crippen LogP contribution in [0.5, 0.6) is 0 Å². The van der Waals surface area contributed by atoms with Crippen LogP contribution >= 0.6 is 11.8 Å². The van der Waals surface area contributed by atoms with E-state index in [2.05, 4.69) is 11.2 Å². The molecule has 1 atom stereocenters. The fourth-order valence-electron chi connectivity index (χ4n) is 0.176. The lowest BCUT2D eigenvalue weighted by Gasteiger charge is -1.90. The van der Waals surface area contributed by atoms with Gasteiger partial charge in [0.25, 0.3) is 0 Å². The van der Waals surface area contributed by atoms with E-state index in [1.54, 1.807) is 6.26 Å². The number of carboxylic acid groups (broad SMARTS) is 1. The van der Waals surface area contributed by atoms with E-state index in [0.29, 0.717) is 0 Å². The molecule has 9 heavy (non-hydrogen) atoms. The van der Waals surface area contributed by atoms with Gasteiger partial charge in [-0.2, -0.15) is 0 Å². The van der Waals surface area contributed by atoms with E-state index in [1.807, 2.05) is 0 Å². The lowest BCUT2D eigenvalue weighted by molar-refractivity contribution is -0.143. The number of hydrogen-bond donors (Lipinski definition) is 2. The standard InChI is InChI=1S/C5H6O3S/c1-9-3-2-4(6)5(7)8/h4,6H,1H3,(H,7,8). The minimum Gasteiger partial charge on any atom is -0.479 e. The van der Waals surface area contributed by atoms with Crippen LogP contribution in [0.3, 0.4) is 0 Å². The molecule has 0 spiro atoms. The van der Waals surface area contributed by atoms with E-state index in [1.165, 1.54) is 0 Å². The molecule has 0 fully saturated rings. The first-order valence-electron chi connectivity index (χ1n) is 2.13. The fourth-order valence-corrected chi connectivity index (χ4v) is 0.406. The van der Waals surface area contributed by atoms with Crippen LogP contribution in [0.2, 0.25) is 0 Å². The number of aliphatic hydroxyl groups excluding tert-OH is 1. The molecule has 0 aromatic carbocycles. The van der Waals surface area contributed by atoms with Crippen molar-refractivity contribution in [3.63, 3.8) is 0 Å². The molecule has 0 amide bonds. The molecule has 0 aliphatic rings. The average molecular weight is 146 g/mol. The first-order valence-corrected chi connectivity index (χ1v) is 3.35. The van der Waals surface area contributed by atoms with Gasteiger partial charge in [0.05, 0.1) is 0 Å². The molecule has 0 saturated carbocycles. The molecule has 0 heterocycles. The van der Waals surface area contributed by atoms with Crippen LogP contribution < -0.4 is 0 Å². The summed E-state index contributed by atoms with van der Waals surface area (Å²) in [5.74, 6) is 0.792. The molecule has 0 aliphatic heterocycles. The average Bonchev–Trinajstić information content (AvgIpc) is 1.82. The maximum Gasteiger partial charge on any atom is 0.345 e. The van der Waals surface area contributed by atoms with Crippen LogP contribution in [-0.4, -0.2) is 28.5 Å². The van der Waals surface area contributed by atoms with Crippen LogP contribution in [0, 0.1) is 11.2 Å². The Balaban J connectivity index is 3.75. The molecule has 0 aliphatic carbocycles. The Hall–Kier alpha value is -0.660. The van der Waals surface area contributed by atoms with Gasteiger partial charge in [0.15, 0.2) is 0 Å². The quantitative estimate of drug-likeness (QED) is 0.501. The number of carbonyl (C=O) groups is 1. The maximum absolute atomic E-state index is 9.84. The van der Waals surface area contributed by atoms with Crippen LogP contribution in [0.4, 0.5) is 0 Å². The topological polar surface area (TPSA) is 57.5 Å². The smallest absolute Gasteiger partial charge is 0.345 e. The highest BCUT2D eigenvalue weighted by atomic mass is 32.2. The van der Waals surface area contributed by atoms with Gasteiger partial charge in [-0.25, -0.2) is 4.79 Å². The summed E-state index contributed by atoms with van der Waals surface area (Å²) in [6.45, 7) is 0. The van der Waals surface area contributed by atoms with Crippen molar-refractivity contribution in [2.24, 2.45) is 0 Å². The van der Waals surface area contributed by atoms with E-state index in [9.17, 15) is 4.79 Å². The Morgan fingerprint density at radius 3 is 2.67 bits per heavy atom. The van der Waals surface area contributed by atoms with Gasteiger partial charge in [-0.3, -0.25) is 0 Å². The van der Waals surface area contributed by atoms with Crippen molar-refractivity contribution in [2.75, 3.05) is 6.26 Å². The predicted octanol–water partition coefficient (Wildman–Crippen LogP) is -0.244. The van der Waals surface area contributed by atoms with Gasteiger partial charge in [0.1, 0.15) is 0 Å². The molecule has 2 N–H and O–H groups in total. The number of hydrogen-bond acceptors (Lipinski definition) is 3. The second kappa shape index (κ2) is 4.24. The van der Waals surface area contributed by atoms with Crippen molar-refractivity contribution in [3.8, 4) is 11.2 Å². The summed E-state index contributed by atoms with van der Waals surface area (Å²) < 4.78 is 0. The van der Waals surface area contributed by atoms with Crippen LogP contribution in [0.15, 0.2) is 0 Å². The van der Waals surface area contributed by atoms with Gasteiger partial charge in [-0.1, -0.05) is 11.8 Å². The van der Waals surface area contributed by atoms with Crippen LogP contribution in [0.1, 0.15) is 0 Å². The highest BCUT2D eigenvalue weighted by molar-refractivity contribution is 8.03. The van der Waals surface area contributed by atoms with Gasteiger partial charge in [-0.15, -0.1) is 0 Å². The third-order valence-electron chi connectivity index (χ3n) is 0.532. The minimum atomic E-state index is -1.54. The van der Waals surface area contributed by atoms with E-state index >= 15 is 0 Å². The molecule has 0 aromatic heterocycles. The first-order chi connectivity index (χ1) is 4.18. The zero-order valence-corrected chi connectivity index (χ0v) is 5.60. The van der Waals surface area contributed by atoms with Gasteiger partial charge in [-0.05, 0) is 17.4 Å². The van der Waals surface area contributed by atoms with E-state index in [-0.39, 0.29) is 0 Å². The monoisotopic (exact) mass is 146 g/mol. The summed E-state index contributed by atoms with van der Waals surface area (Å²) >= 11 is 1.16. The SMILES string of the molecule is CSC#CC(O)C(=O)O. The molecule has 1 unspecified atom stereocenters. The molecule has 0 radical (unpaired) electrons. The molecular formula is C5H6O3S. The third-order valence-corrected chi connectivity index (χ3v) is 0.854. The summed E-state index contributed by atoms with van der Waals surface area (Å²) in [6.07, 6.45) is 0.152. The number of rotatable bonds is 1. The number of aliphatic hydroxyl groups is 1. The Kier molecular flexibility index (Phi) is 3.93. The summed E-state index contributed by atoms with van der Waals surface area (Å²) in [4.78, 5) is 9.84. The summed E-state index contributed by atoms with van der Waals surface area (Å²) in [5, 5.41) is 18.9. The van der Waals surface area contributed by atoms with E-state index in [4.69, 9.17) is 10.2 Å². The highest BCUT2D eigenvalue weighted by Crippen LogP contribution is 1.86. The van der Waals surface area contributed by atoms with Crippen molar-refractivity contribution in [1.82, 2.24) is 0 Å². The fraction of sp³-hybridized carbons (Fsp3) is 0.400. The molecule has 50 valence electrons. The summed E-state index contributed by atoms with van der Waals surface area (Å²) in [5.41, 5.74) is 0. The Morgan fingerprint density at radius 1 is 1.78 bits per heavy atom. The van der Waals surface area contributed by atoms with Crippen molar-refractivity contribution in [3.05, 3.63) is 0 Å². The second-order valence-corrected chi connectivity index (χ2v) is 1.80. The van der Waals surface area contributed by atoms with Crippen molar-refractivity contribution in [1.29, 1.82) is 0 Å². The maximum atomic E-state index is 9.84. The number of aliphatic carboxylic acids is 1. The molecule has 0 aromatic rings. The molecule has 0 rings (SSSR count).